The molecule has 0 aliphatic carbocycles. The van der Waals surface area contributed by atoms with Crippen molar-refractivity contribution in [3.05, 3.63) is 27.1 Å². The van der Waals surface area contributed by atoms with Gasteiger partial charge in [0.1, 0.15) is 10.9 Å². The first-order valence-corrected chi connectivity index (χ1v) is 7.17. The van der Waals surface area contributed by atoms with Gasteiger partial charge in [0.2, 0.25) is 0 Å². The minimum Gasteiger partial charge on any atom is -0.292 e. The second-order valence-corrected chi connectivity index (χ2v) is 6.32. The predicted molar refractivity (Wildman–Crippen MR) is 79.6 cm³/mol. The van der Waals surface area contributed by atoms with E-state index in [-0.39, 0.29) is 11.5 Å². The molecule has 0 aliphatic rings. The van der Waals surface area contributed by atoms with Crippen molar-refractivity contribution in [1.29, 1.82) is 0 Å². The Morgan fingerprint density at radius 1 is 1.45 bits per heavy atom. The van der Waals surface area contributed by atoms with Crippen LogP contribution in [0, 0.1) is 19.8 Å². The standard InChI is InChI=1S/C13H18N4O2S/c1-6(2)10(11(18)16-14)17-5-15-12-9(13(17)19)7(3)8(4)20-12/h5-6,10H,14H2,1-4H3,(H,16,18). The fraction of sp³-hybridized carbons (Fsp3) is 0.462. The van der Waals surface area contributed by atoms with E-state index in [9.17, 15) is 9.59 Å². The van der Waals surface area contributed by atoms with E-state index >= 15 is 0 Å². The number of nitrogens with one attached hydrogen (secondary N) is 1. The number of hydrazine groups is 1. The summed E-state index contributed by atoms with van der Waals surface area (Å²) in [7, 11) is 0. The average molecular weight is 294 g/mol. The molecule has 2 rings (SSSR count). The summed E-state index contributed by atoms with van der Waals surface area (Å²) in [6.45, 7) is 7.58. The number of hydrogen-bond donors (Lipinski definition) is 2. The summed E-state index contributed by atoms with van der Waals surface area (Å²) in [6, 6.07) is -0.663. The maximum absolute atomic E-state index is 12.6. The van der Waals surface area contributed by atoms with Gasteiger partial charge >= 0.3 is 0 Å². The zero-order valence-corrected chi connectivity index (χ0v) is 12.7. The molecule has 0 aliphatic heterocycles. The Labute approximate surface area is 120 Å². The van der Waals surface area contributed by atoms with Crippen LogP contribution in [-0.4, -0.2) is 15.5 Å². The van der Waals surface area contributed by atoms with Gasteiger partial charge in [-0.2, -0.15) is 0 Å². The predicted octanol–water partition coefficient (Wildman–Crippen LogP) is 1.26. The fourth-order valence-electron chi connectivity index (χ4n) is 2.28. The van der Waals surface area contributed by atoms with Gasteiger partial charge in [-0.15, -0.1) is 11.3 Å². The molecule has 6 nitrogen and oxygen atoms in total. The highest BCUT2D eigenvalue weighted by Gasteiger charge is 2.26. The van der Waals surface area contributed by atoms with Crippen molar-refractivity contribution < 1.29 is 4.79 Å². The van der Waals surface area contributed by atoms with Crippen molar-refractivity contribution in [2.45, 2.75) is 33.7 Å². The molecule has 2 heterocycles. The number of thiophene rings is 1. The number of rotatable bonds is 3. The maximum Gasteiger partial charge on any atom is 0.263 e. The van der Waals surface area contributed by atoms with Gasteiger partial charge in [-0.25, -0.2) is 10.8 Å². The third kappa shape index (κ3) is 2.23. The normalized spacial score (nSPS) is 12.9. The number of carbonyl (C=O) groups is 1. The Morgan fingerprint density at radius 3 is 2.65 bits per heavy atom. The molecule has 0 aromatic carbocycles. The first-order chi connectivity index (χ1) is 9.38. The van der Waals surface area contributed by atoms with Gasteiger partial charge in [0.25, 0.3) is 11.5 Å². The van der Waals surface area contributed by atoms with Gasteiger partial charge in [-0.3, -0.25) is 19.6 Å². The Bertz CT molecular complexity index is 717. The molecule has 1 amide bonds. The molecule has 2 aromatic heterocycles. The molecule has 0 bridgehead atoms. The van der Waals surface area contributed by atoms with Crippen LogP contribution < -0.4 is 16.8 Å². The fourth-order valence-corrected chi connectivity index (χ4v) is 3.27. The molecule has 20 heavy (non-hydrogen) atoms. The zero-order valence-electron chi connectivity index (χ0n) is 11.9. The van der Waals surface area contributed by atoms with Crippen molar-refractivity contribution in [2.75, 3.05) is 0 Å². The van der Waals surface area contributed by atoms with Crippen LogP contribution in [0.5, 0.6) is 0 Å². The third-order valence-corrected chi connectivity index (χ3v) is 4.57. The summed E-state index contributed by atoms with van der Waals surface area (Å²) in [5, 5.41) is 0.588. The molecule has 0 radical (unpaired) electrons. The van der Waals surface area contributed by atoms with Gasteiger partial charge in [-0.1, -0.05) is 13.8 Å². The van der Waals surface area contributed by atoms with E-state index in [1.807, 2.05) is 27.7 Å². The zero-order chi connectivity index (χ0) is 15.0. The Balaban J connectivity index is 2.71. The number of hydrogen-bond acceptors (Lipinski definition) is 5. The van der Waals surface area contributed by atoms with Crippen molar-refractivity contribution in [3.8, 4) is 0 Å². The van der Waals surface area contributed by atoms with E-state index in [0.717, 1.165) is 10.4 Å². The largest absolute Gasteiger partial charge is 0.292 e. The van der Waals surface area contributed by atoms with Crippen molar-refractivity contribution >= 4 is 27.5 Å². The summed E-state index contributed by atoms with van der Waals surface area (Å²) in [5.74, 6) is 4.74. The smallest absolute Gasteiger partial charge is 0.263 e. The van der Waals surface area contributed by atoms with Gasteiger partial charge < -0.3 is 0 Å². The first-order valence-electron chi connectivity index (χ1n) is 6.35. The monoisotopic (exact) mass is 294 g/mol. The molecule has 7 heteroatoms. The molecular formula is C13H18N4O2S. The molecular weight excluding hydrogens is 276 g/mol. The first kappa shape index (κ1) is 14.7. The quantitative estimate of drug-likeness (QED) is 0.506. The van der Waals surface area contributed by atoms with Crippen molar-refractivity contribution in [1.82, 2.24) is 15.0 Å². The number of aromatic nitrogens is 2. The summed E-state index contributed by atoms with van der Waals surface area (Å²) in [5.41, 5.74) is 2.84. The average Bonchev–Trinajstić information content (AvgIpc) is 2.68. The van der Waals surface area contributed by atoms with Crippen LogP contribution in [0.25, 0.3) is 10.2 Å². The lowest BCUT2D eigenvalue weighted by molar-refractivity contribution is -0.125. The van der Waals surface area contributed by atoms with Crippen LogP contribution in [0.4, 0.5) is 0 Å². The lowest BCUT2D eigenvalue weighted by Gasteiger charge is -2.21. The van der Waals surface area contributed by atoms with E-state index in [2.05, 4.69) is 10.4 Å². The molecule has 0 saturated heterocycles. The highest BCUT2D eigenvalue weighted by molar-refractivity contribution is 7.18. The SMILES string of the molecule is Cc1sc2ncn(C(C(=O)NN)C(C)C)c(=O)c2c1C. The summed E-state index contributed by atoms with van der Waals surface area (Å²) < 4.78 is 1.37. The van der Waals surface area contributed by atoms with Gasteiger partial charge in [0.15, 0.2) is 0 Å². The van der Waals surface area contributed by atoms with E-state index < -0.39 is 11.9 Å². The molecule has 3 N–H and O–H groups in total. The summed E-state index contributed by atoms with van der Waals surface area (Å²) in [4.78, 5) is 30.6. The lowest BCUT2D eigenvalue weighted by Crippen LogP contribution is -2.42. The minimum absolute atomic E-state index is 0.0736. The molecule has 1 unspecified atom stereocenters. The summed E-state index contributed by atoms with van der Waals surface area (Å²) in [6.07, 6.45) is 1.43. The second kappa shape index (κ2) is 5.34. The number of nitrogens with zero attached hydrogens (tertiary/aromatic N) is 2. The Morgan fingerprint density at radius 2 is 2.10 bits per heavy atom. The van der Waals surface area contributed by atoms with E-state index in [4.69, 9.17) is 5.84 Å². The number of aryl methyl sites for hydroxylation is 2. The lowest BCUT2D eigenvalue weighted by atomic mass is 10.0. The van der Waals surface area contributed by atoms with Crippen LogP contribution in [0.15, 0.2) is 11.1 Å². The Hall–Kier alpha value is -1.73. The highest BCUT2D eigenvalue weighted by Crippen LogP contribution is 2.26. The van der Waals surface area contributed by atoms with Gasteiger partial charge in [0, 0.05) is 4.88 Å². The Kier molecular flexibility index (Phi) is 3.92. The maximum atomic E-state index is 12.6. The minimum atomic E-state index is -0.663. The topological polar surface area (TPSA) is 90.0 Å². The summed E-state index contributed by atoms with van der Waals surface area (Å²) >= 11 is 1.49. The third-order valence-electron chi connectivity index (χ3n) is 3.46. The number of fused-ring (bicyclic) bond motifs is 1. The van der Waals surface area contributed by atoms with E-state index in [1.54, 1.807) is 0 Å². The molecule has 2 aromatic rings. The van der Waals surface area contributed by atoms with Crippen LogP contribution in [0.2, 0.25) is 0 Å². The van der Waals surface area contributed by atoms with E-state index in [1.165, 1.54) is 22.2 Å². The van der Waals surface area contributed by atoms with Crippen LogP contribution in [0.3, 0.4) is 0 Å². The number of carbonyl (C=O) groups excluding carboxylic acids is 1. The van der Waals surface area contributed by atoms with E-state index in [0.29, 0.717) is 10.2 Å². The van der Waals surface area contributed by atoms with Crippen molar-refractivity contribution in [3.63, 3.8) is 0 Å². The van der Waals surface area contributed by atoms with Crippen molar-refractivity contribution in [2.24, 2.45) is 11.8 Å². The van der Waals surface area contributed by atoms with Gasteiger partial charge in [0.05, 0.1) is 11.7 Å². The number of amides is 1. The van der Waals surface area contributed by atoms with Gasteiger partial charge in [-0.05, 0) is 25.3 Å². The van der Waals surface area contributed by atoms with Crippen LogP contribution in [0.1, 0.15) is 30.3 Å². The molecule has 0 saturated carbocycles. The molecule has 108 valence electrons. The second-order valence-electron chi connectivity index (χ2n) is 5.12. The molecule has 0 fully saturated rings. The molecule has 0 spiro atoms. The highest BCUT2D eigenvalue weighted by atomic mass is 32.1. The van der Waals surface area contributed by atoms with Crippen LogP contribution in [-0.2, 0) is 4.79 Å². The molecule has 1 atom stereocenters. The number of nitrogens with two attached hydrogens (primary N) is 1. The van der Waals surface area contributed by atoms with Crippen LogP contribution >= 0.6 is 11.3 Å².